The van der Waals surface area contributed by atoms with E-state index in [1.54, 1.807) is 0 Å². The summed E-state index contributed by atoms with van der Waals surface area (Å²) in [4.78, 5) is 0. The van der Waals surface area contributed by atoms with Crippen LogP contribution < -0.4 is 0 Å². The van der Waals surface area contributed by atoms with Crippen molar-refractivity contribution in [2.45, 2.75) is 57.9 Å². The Morgan fingerprint density at radius 1 is 0.833 bits per heavy atom. The number of rotatable bonds is 8. The lowest BCUT2D eigenvalue weighted by Gasteiger charge is -1.99. The fourth-order valence-corrected chi connectivity index (χ4v) is 1.85. The molecule has 0 fully saturated rings. The van der Waals surface area contributed by atoms with Gasteiger partial charge in [-0.05, 0) is 6.04 Å². The van der Waals surface area contributed by atoms with Gasteiger partial charge in [0.1, 0.15) is 0 Å². The van der Waals surface area contributed by atoms with Crippen LogP contribution in [0, 0.1) is 0 Å². The van der Waals surface area contributed by atoms with Crippen LogP contribution in [0.15, 0.2) is 0 Å². The predicted octanol–water partition coefficient (Wildman–Crippen LogP) is 3.90. The van der Waals surface area contributed by atoms with Gasteiger partial charge in [-0.2, -0.15) is 0 Å². The molecule has 0 aromatic rings. The van der Waals surface area contributed by atoms with Crippen molar-refractivity contribution in [2.75, 3.05) is 0 Å². The quantitative estimate of drug-likeness (QED) is 0.312. The van der Waals surface area contributed by atoms with Crippen LogP contribution >= 0.6 is 0 Å². The average Bonchev–Trinajstić information content (AvgIpc) is 2.02. The Morgan fingerprint density at radius 2 is 1.33 bits per heavy atom. The maximum absolute atomic E-state index is 11.8. The first-order valence-corrected chi connectivity index (χ1v) is 6.74. The SMILES string of the molecule is CCCCCCCCC[SiH](F)F. The summed E-state index contributed by atoms with van der Waals surface area (Å²) in [6, 6.07) is 0.230. The van der Waals surface area contributed by atoms with Crippen LogP contribution in [0.1, 0.15) is 51.9 Å². The van der Waals surface area contributed by atoms with Crippen LogP contribution in [0.2, 0.25) is 6.04 Å². The standard InChI is InChI=1S/C9H20F2Si/c1-2-3-4-5-6-7-8-9-12(10)11/h12H,2-9H2,1H3. The van der Waals surface area contributed by atoms with Crippen molar-refractivity contribution >= 4 is 9.46 Å². The van der Waals surface area contributed by atoms with E-state index in [0.717, 1.165) is 19.3 Å². The molecule has 0 aliphatic heterocycles. The minimum Gasteiger partial charge on any atom is -0.275 e. The van der Waals surface area contributed by atoms with E-state index in [0.29, 0.717) is 0 Å². The van der Waals surface area contributed by atoms with Crippen molar-refractivity contribution in [3.63, 3.8) is 0 Å². The third kappa shape index (κ3) is 10.1. The molecule has 0 radical (unpaired) electrons. The number of halogens is 2. The van der Waals surface area contributed by atoms with Crippen molar-refractivity contribution in [3.8, 4) is 0 Å². The zero-order chi connectivity index (χ0) is 9.23. The molecule has 0 aliphatic rings. The van der Waals surface area contributed by atoms with Gasteiger partial charge < -0.3 is 0 Å². The van der Waals surface area contributed by atoms with Crippen molar-refractivity contribution < 1.29 is 8.22 Å². The topological polar surface area (TPSA) is 0 Å². The van der Waals surface area contributed by atoms with Gasteiger partial charge in [0.15, 0.2) is 0 Å². The summed E-state index contributed by atoms with van der Waals surface area (Å²) in [5, 5.41) is 0. The lowest BCUT2D eigenvalue weighted by atomic mass is 10.1. The normalized spacial score (nSPS) is 11.0. The molecule has 0 aliphatic carbocycles. The Labute approximate surface area is 76.3 Å². The molecule has 74 valence electrons. The number of hydrogen-bond acceptors (Lipinski definition) is 0. The van der Waals surface area contributed by atoms with Crippen molar-refractivity contribution in [1.82, 2.24) is 0 Å². The summed E-state index contributed by atoms with van der Waals surface area (Å²) in [7, 11) is -3.24. The van der Waals surface area contributed by atoms with E-state index >= 15 is 0 Å². The monoisotopic (exact) mass is 194 g/mol. The molecule has 0 amide bonds. The van der Waals surface area contributed by atoms with Crippen LogP contribution in [0.3, 0.4) is 0 Å². The van der Waals surface area contributed by atoms with E-state index in [4.69, 9.17) is 0 Å². The Bertz CT molecular complexity index is 86.6. The molecule has 0 saturated heterocycles. The Hall–Kier alpha value is 0.0769. The zero-order valence-electron chi connectivity index (χ0n) is 7.99. The first-order valence-electron chi connectivity index (χ1n) is 5.05. The highest BCUT2D eigenvalue weighted by Gasteiger charge is 2.04. The first-order chi connectivity index (χ1) is 5.77. The van der Waals surface area contributed by atoms with Gasteiger partial charge in [-0.1, -0.05) is 51.9 Å². The molecule has 0 N–H and O–H groups in total. The van der Waals surface area contributed by atoms with Gasteiger partial charge in [0.25, 0.3) is 0 Å². The molecule has 0 aromatic heterocycles. The smallest absolute Gasteiger partial charge is 0.275 e. The second kappa shape index (κ2) is 9.17. The van der Waals surface area contributed by atoms with Gasteiger partial charge in [0.2, 0.25) is 0 Å². The summed E-state index contributed by atoms with van der Waals surface area (Å²) < 4.78 is 23.6. The number of unbranched alkanes of at least 4 members (excludes halogenated alkanes) is 6. The second-order valence-corrected chi connectivity index (χ2v) is 4.66. The van der Waals surface area contributed by atoms with Gasteiger partial charge in [-0.15, -0.1) is 0 Å². The Morgan fingerprint density at radius 3 is 1.83 bits per heavy atom. The number of hydrogen-bond donors (Lipinski definition) is 0. The molecule has 0 heterocycles. The molecule has 0 spiro atoms. The highest BCUT2D eigenvalue weighted by molar-refractivity contribution is 6.42. The fraction of sp³-hybridized carbons (Fsp3) is 1.00. The zero-order valence-corrected chi connectivity index (χ0v) is 9.14. The van der Waals surface area contributed by atoms with E-state index < -0.39 is 9.46 Å². The van der Waals surface area contributed by atoms with Gasteiger partial charge in [-0.25, -0.2) is 0 Å². The molecular weight excluding hydrogens is 174 g/mol. The molecule has 12 heavy (non-hydrogen) atoms. The third-order valence-electron chi connectivity index (χ3n) is 2.03. The lowest BCUT2D eigenvalue weighted by molar-refractivity contribution is 0.584. The van der Waals surface area contributed by atoms with E-state index in [1.807, 2.05) is 0 Å². The largest absolute Gasteiger partial charge is 0.411 e. The van der Waals surface area contributed by atoms with Gasteiger partial charge >= 0.3 is 9.46 Å². The molecule has 0 bridgehead atoms. The first kappa shape index (κ1) is 12.1. The van der Waals surface area contributed by atoms with Crippen molar-refractivity contribution in [2.24, 2.45) is 0 Å². The molecule has 0 aromatic carbocycles. The lowest BCUT2D eigenvalue weighted by Crippen LogP contribution is -1.94. The minimum absolute atomic E-state index is 0.230. The average molecular weight is 194 g/mol. The third-order valence-corrected chi connectivity index (χ3v) is 2.87. The molecule has 0 rings (SSSR count). The highest BCUT2D eigenvalue weighted by atomic mass is 28.4. The minimum atomic E-state index is -3.24. The van der Waals surface area contributed by atoms with Crippen molar-refractivity contribution in [1.29, 1.82) is 0 Å². The van der Waals surface area contributed by atoms with E-state index in [9.17, 15) is 8.22 Å². The van der Waals surface area contributed by atoms with Crippen LogP contribution in [0.4, 0.5) is 8.22 Å². The molecular formula is C9H20F2Si. The van der Waals surface area contributed by atoms with Crippen LogP contribution in [0.5, 0.6) is 0 Å². The van der Waals surface area contributed by atoms with Crippen LogP contribution in [0.25, 0.3) is 0 Å². The predicted molar refractivity (Wildman–Crippen MR) is 52.2 cm³/mol. The maximum Gasteiger partial charge on any atom is 0.411 e. The molecule has 0 saturated carbocycles. The maximum atomic E-state index is 11.8. The second-order valence-electron chi connectivity index (χ2n) is 3.30. The van der Waals surface area contributed by atoms with E-state index in [1.165, 1.54) is 25.7 Å². The summed E-state index contributed by atoms with van der Waals surface area (Å²) in [5.74, 6) is 0. The van der Waals surface area contributed by atoms with Crippen molar-refractivity contribution in [3.05, 3.63) is 0 Å². The molecule has 0 nitrogen and oxygen atoms in total. The summed E-state index contributed by atoms with van der Waals surface area (Å²) in [6.07, 6.45) is 7.99. The Kier molecular flexibility index (Phi) is 9.23. The summed E-state index contributed by atoms with van der Waals surface area (Å²) in [5.41, 5.74) is 0. The van der Waals surface area contributed by atoms with Crippen LogP contribution in [-0.4, -0.2) is 9.46 Å². The highest BCUT2D eigenvalue weighted by Crippen LogP contribution is 2.10. The van der Waals surface area contributed by atoms with Gasteiger partial charge in [0, 0.05) is 0 Å². The Balaban J connectivity index is 2.82. The van der Waals surface area contributed by atoms with E-state index in [2.05, 4.69) is 6.92 Å². The summed E-state index contributed by atoms with van der Waals surface area (Å²) >= 11 is 0. The molecule has 3 heteroatoms. The van der Waals surface area contributed by atoms with E-state index in [-0.39, 0.29) is 6.04 Å². The van der Waals surface area contributed by atoms with Gasteiger partial charge in [-0.3, -0.25) is 8.22 Å². The van der Waals surface area contributed by atoms with Crippen LogP contribution in [-0.2, 0) is 0 Å². The molecule has 0 atom stereocenters. The molecule has 0 unspecified atom stereocenters. The van der Waals surface area contributed by atoms with Gasteiger partial charge in [0.05, 0.1) is 0 Å². The summed E-state index contributed by atoms with van der Waals surface area (Å²) in [6.45, 7) is 2.18. The fourth-order valence-electron chi connectivity index (χ4n) is 1.26.